The molecule has 0 aromatic heterocycles. The summed E-state index contributed by atoms with van der Waals surface area (Å²) in [5.41, 5.74) is -1.29. The lowest BCUT2D eigenvalue weighted by atomic mass is 9.93. The van der Waals surface area contributed by atoms with Crippen molar-refractivity contribution in [2.45, 2.75) is 33.7 Å². The Morgan fingerprint density at radius 3 is 2.38 bits per heavy atom. The van der Waals surface area contributed by atoms with Crippen LogP contribution in [0, 0.1) is 15.5 Å². The molecular formula is C14H23N3O8S. The molecule has 0 spiro atoms. The topological polar surface area (TPSA) is 154 Å². The van der Waals surface area contributed by atoms with Crippen LogP contribution in [0.25, 0.3) is 0 Å². The Hall–Kier alpha value is -2.37. The van der Waals surface area contributed by atoms with Gasteiger partial charge in [-0.05, 0) is 20.8 Å². The number of thioether (sulfide) groups is 1. The Balaban J connectivity index is 4.84. The zero-order valence-electron chi connectivity index (χ0n) is 15.0. The molecule has 11 nitrogen and oxygen atoms in total. The lowest BCUT2D eigenvalue weighted by Crippen LogP contribution is -2.50. The van der Waals surface area contributed by atoms with Crippen molar-refractivity contribution in [2.24, 2.45) is 5.41 Å². The molecule has 1 atom stereocenters. The highest BCUT2D eigenvalue weighted by atomic mass is 32.2. The summed E-state index contributed by atoms with van der Waals surface area (Å²) in [6, 6.07) is -1.14. The average molecular weight is 393 g/mol. The van der Waals surface area contributed by atoms with Gasteiger partial charge in [0, 0.05) is 12.7 Å². The zero-order chi connectivity index (χ0) is 20.3. The predicted octanol–water partition coefficient (Wildman–Crippen LogP) is -0.335. The fourth-order valence-electron chi connectivity index (χ4n) is 1.47. The van der Waals surface area contributed by atoms with Gasteiger partial charge < -0.3 is 20.2 Å². The van der Waals surface area contributed by atoms with Crippen molar-refractivity contribution in [3.63, 3.8) is 0 Å². The molecule has 0 aliphatic heterocycles. The number of carbonyl (C=O) groups is 4. The van der Waals surface area contributed by atoms with E-state index in [0.717, 1.165) is 11.8 Å². The quantitative estimate of drug-likeness (QED) is 0.273. The molecule has 2 amide bonds. The van der Waals surface area contributed by atoms with Gasteiger partial charge in [0.1, 0.15) is 12.6 Å². The molecule has 0 aromatic carbocycles. The first-order chi connectivity index (χ1) is 12.0. The highest BCUT2D eigenvalue weighted by Gasteiger charge is 2.33. The molecule has 0 radical (unpaired) electrons. The number of esters is 1. The van der Waals surface area contributed by atoms with E-state index >= 15 is 0 Å². The van der Waals surface area contributed by atoms with Gasteiger partial charge in [0.25, 0.3) is 5.09 Å². The van der Waals surface area contributed by atoms with Crippen LogP contribution in [0.2, 0.25) is 0 Å². The number of amides is 2. The van der Waals surface area contributed by atoms with Crippen molar-refractivity contribution in [1.29, 1.82) is 0 Å². The van der Waals surface area contributed by atoms with Crippen LogP contribution in [0.15, 0.2) is 0 Å². The molecule has 0 rings (SSSR count). The number of carbonyl (C=O) groups excluding carboxylic acids is 4. The smallest absolute Gasteiger partial charge is 0.329 e. The summed E-state index contributed by atoms with van der Waals surface area (Å²) in [6.07, 6.45) is 0. The minimum absolute atomic E-state index is 0.0730. The number of nitrogens with one attached hydrogen (secondary N) is 2. The van der Waals surface area contributed by atoms with Crippen LogP contribution in [-0.2, 0) is 28.8 Å². The first-order valence-corrected chi connectivity index (χ1v) is 8.63. The van der Waals surface area contributed by atoms with Crippen molar-refractivity contribution >= 4 is 34.7 Å². The number of ether oxygens (including phenoxy) is 1. The van der Waals surface area contributed by atoms with E-state index in [1.807, 2.05) is 0 Å². The third-order valence-corrected chi connectivity index (χ3v) is 3.88. The lowest BCUT2D eigenvalue weighted by Gasteiger charge is -2.25. The standard InChI is InChI=1S/C14H23N3O8S/c1-5-24-12(20)10(7-26-11(19)6-15-9(2)18)16-13(21)14(3,4)8-25-17(22)23/h10H,5-8H2,1-4H3,(H,15,18)(H,16,21). The Bertz CT molecular complexity index is 552. The maximum Gasteiger partial charge on any atom is 0.329 e. The van der Waals surface area contributed by atoms with E-state index in [1.54, 1.807) is 6.92 Å². The van der Waals surface area contributed by atoms with Crippen LogP contribution in [-0.4, -0.2) is 59.5 Å². The van der Waals surface area contributed by atoms with Crippen molar-refractivity contribution in [2.75, 3.05) is 25.5 Å². The SMILES string of the molecule is CCOC(=O)C(CSC(=O)CNC(C)=O)NC(=O)C(C)(C)CO[N+](=O)[O-]. The predicted molar refractivity (Wildman–Crippen MR) is 91.4 cm³/mol. The fraction of sp³-hybridized carbons (Fsp3) is 0.714. The summed E-state index contributed by atoms with van der Waals surface area (Å²) in [6.45, 7) is 5.01. The van der Waals surface area contributed by atoms with Crippen molar-refractivity contribution in [1.82, 2.24) is 10.6 Å². The van der Waals surface area contributed by atoms with Crippen LogP contribution >= 0.6 is 11.8 Å². The van der Waals surface area contributed by atoms with Gasteiger partial charge in [-0.25, -0.2) is 4.79 Å². The number of hydrogen-bond donors (Lipinski definition) is 2. The van der Waals surface area contributed by atoms with E-state index in [9.17, 15) is 29.3 Å². The largest absolute Gasteiger partial charge is 0.464 e. The van der Waals surface area contributed by atoms with Crippen LogP contribution < -0.4 is 10.6 Å². The third kappa shape index (κ3) is 9.81. The molecule has 0 saturated heterocycles. The van der Waals surface area contributed by atoms with Gasteiger partial charge in [-0.15, -0.1) is 10.1 Å². The van der Waals surface area contributed by atoms with E-state index < -0.39 is 40.1 Å². The molecule has 0 heterocycles. The first kappa shape index (κ1) is 23.6. The van der Waals surface area contributed by atoms with Gasteiger partial charge in [-0.2, -0.15) is 0 Å². The maximum absolute atomic E-state index is 12.3. The second kappa shape index (κ2) is 11.3. The van der Waals surface area contributed by atoms with E-state index in [0.29, 0.717) is 0 Å². The summed E-state index contributed by atoms with van der Waals surface area (Å²) in [5, 5.41) is 13.6. The zero-order valence-corrected chi connectivity index (χ0v) is 15.8. The van der Waals surface area contributed by atoms with E-state index in [2.05, 4.69) is 15.5 Å². The average Bonchev–Trinajstić information content (AvgIpc) is 2.54. The Morgan fingerprint density at radius 2 is 1.88 bits per heavy atom. The van der Waals surface area contributed by atoms with Crippen LogP contribution in [0.5, 0.6) is 0 Å². The summed E-state index contributed by atoms with van der Waals surface area (Å²) in [4.78, 5) is 61.2. The molecule has 148 valence electrons. The van der Waals surface area contributed by atoms with E-state index in [-0.39, 0.29) is 24.8 Å². The van der Waals surface area contributed by atoms with Gasteiger partial charge in [-0.1, -0.05) is 11.8 Å². The monoisotopic (exact) mass is 393 g/mol. The highest BCUT2D eigenvalue weighted by molar-refractivity contribution is 8.13. The van der Waals surface area contributed by atoms with Gasteiger partial charge in [0.15, 0.2) is 0 Å². The molecule has 0 bridgehead atoms. The summed E-state index contributed by atoms with van der Waals surface area (Å²) < 4.78 is 4.86. The Labute approximate surface area is 154 Å². The number of rotatable bonds is 11. The maximum atomic E-state index is 12.3. The third-order valence-electron chi connectivity index (χ3n) is 2.91. The minimum Gasteiger partial charge on any atom is -0.464 e. The van der Waals surface area contributed by atoms with Gasteiger partial charge >= 0.3 is 5.97 Å². The first-order valence-electron chi connectivity index (χ1n) is 7.64. The normalized spacial score (nSPS) is 11.8. The molecule has 2 N–H and O–H groups in total. The summed E-state index contributed by atoms with van der Waals surface area (Å²) in [7, 11) is 0. The second-order valence-corrected chi connectivity index (χ2v) is 6.83. The molecule has 26 heavy (non-hydrogen) atoms. The molecule has 0 aromatic rings. The van der Waals surface area contributed by atoms with Gasteiger partial charge in [-0.3, -0.25) is 14.4 Å². The van der Waals surface area contributed by atoms with Crippen molar-refractivity contribution in [3.8, 4) is 0 Å². The van der Waals surface area contributed by atoms with Gasteiger partial charge in [0.05, 0.1) is 18.6 Å². The highest BCUT2D eigenvalue weighted by Crippen LogP contribution is 2.17. The summed E-state index contributed by atoms with van der Waals surface area (Å²) >= 11 is 0.743. The molecule has 0 aliphatic rings. The number of hydrogen-bond acceptors (Lipinski definition) is 9. The van der Waals surface area contributed by atoms with E-state index in [1.165, 1.54) is 20.8 Å². The Morgan fingerprint density at radius 1 is 1.27 bits per heavy atom. The second-order valence-electron chi connectivity index (χ2n) is 5.75. The Kier molecular flexibility index (Phi) is 10.3. The van der Waals surface area contributed by atoms with Crippen LogP contribution in [0.4, 0.5) is 0 Å². The number of nitrogens with zero attached hydrogens (tertiary/aromatic N) is 1. The van der Waals surface area contributed by atoms with Crippen LogP contribution in [0.3, 0.4) is 0 Å². The molecule has 1 unspecified atom stereocenters. The van der Waals surface area contributed by atoms with Gasteiger partial charge in [0.2, 0.25) is 16.9 Å². The van der Waals surface area contributed by atoms with Crippen molar-refractivity contribution in [3.05, 3.63) is 10.1 Å². The van der Waals surface area contributed by atoms with Crippen molar-refractivity contribution < 1.29 is 33.8 Å². The molecular weight excluding hydrogens is 370 g/mol. The molecule has 12 heteroatoms. The molecule has 0 aliphatic carbocycles. The summed E-state index contributed by atoms with van der Waals surface area (Å²) in [5.74, 6) is -1.91. The minimum atomic E-state index is -1.29. The van der Waals surface area contributed by atoms with Crippen LogP contribution in [0.1, 0.15) is 27.7 Å². The fourth-order valence-corrected chi connectivity index (χ4v) is 2.21. The molecule has 0 fully saturated rings. The van der Waals surface area contributed by atoms with E-state index in [4.69, 9.17) is 4.74 Å². The lowest BCUT2D eigenvalue weighted by molar-refractivity contribution is -0.760. The molecule has 0 saturated carbocycles.